The van der Waals surface area contributed by atoms with Gasteiger partial charge in [-0.15, -0.1) is 12.4 Å². The van der Waals surface area contributed by atoms with Crippen molar-refractivity contribution < 1.29 is 19.4 Å². The molecule has 0 heterocycles. The molecule has 0 aromatic heterocycles. The molecule has 0 spiro atoms. The quantitative estimate of drug-likeness (QED) is 0.789. The van der Waals surface area contributed by atoms with Crippen molar-refractivity contribution in [2.75, 3.05) is 12.4 Å². The molecule has 0 saturated carbocycles. The Bertz CT molecular complexity index is 402. The summed E-state index contributed by atoms with van der Waals surface area (Å²) in [4.78, 5) is 21.7. The van der Waals surface area contributed by atoms with Gasteiger partial charge in [0, 0.05) is 0 Å². The number of carboxylic acids is 1. The van der Waals surface area contributed by atoms with Crippen LogP contribution in [-0.4, -0.2) is 34.6 Å². The summed E-state index contributed by atoms with van der Waals surface area (Å²) >= 11 is 0.695. The van der Waals surface area contributed by atoms with Gasteiger partial charge in [-0.2, -0.15) is 0 Å². The highest BCUT2D eigenvalue weighted by Crippen LogP contribution is 2.06. The van der Waals surface area contributed by atoms with Crippen molar-refractivity contribution in [2.45, 2.75) is 12.6 Å². The van der Waals surface area contributed by atoms with Gasteiger partial charge in [0.25, 0.3) is 0 Å². The van der Waals surface area contributed by atoms with Crippen LogP contribution in [0.15, 0.2) is 30.3 Å². The van der Waals surface area contributed by atoms with E-state index in [0.717, 1.165) is 5.56 Å². The Morgan fingerprint density at radius 1 is 1.32 bits per heavy atom. The number of hydrogen-bond acceptors (Lipinski definition) is 5. The zero-order valence-corrected chi connectivity index (χ0v) is 11.8. The van der Waals surface area contributed by atoms with E-state index in [-0.39, 0.29) is 29.9 Å². The predicted octanol–water partition coefficient (Wildman–Crippen LogP) is 1.30. The molecule has 0 fully saturated rings. The molecule has 5 nitrogen and oxygen atoms in total. The largest absolute Gasteiger partial charge is 0.481 e. The van der Waals surface area contributed by atoms with Crippen molar-refractivity contribution in [1.82, 2.24) is 0 Å². The van der Waals surface area contributed by atoms with Crippen LogP contribution >= 0.6 is 24.2 Å². The molecule has 0 aliphatic rings. The summed E-state index contributed by atoms with van der Waals surface area (Å²) in [6.45, 7) is 0.464. The number of ether oxygens (including phenoxy) is 1. The van der Waals surface area contributed by atoms with Crippen molar-refractivity contribution in [3.8, 4) is 0 Å². The Hall–Kier alpha value is -1.08. The summed E-state index contributed by atoms with van der Waals surface area (Å²) < 4.78 is 5.30. The number of carbonyl (C=O) groups is 2. The van der Waals surface area contributed by atoms with Crippen molar-refractivity contribution in [3.05, 3.63) is 35.9 Å². The second-order valence-corrected chi connectivity index (χ2v) is 4.59. The van der Waals surface area contributed by atoms with E-state index < -0.39 is 12.0 Å². The van der Waals surface area contributed by atoms with Gasteiger partial charge in [0.15, 0.2) is 0 Å². The second-order valence-electron chi connectivity index (χ2n) is 3.61. The van der Waals surface area contributed by atoms with E-state index in [1.165, 1.54) is 0 Å². The maximum absolute atomic E-state index is 11.4. The number of rotatable bonds is 7. The first-order valence-corrected chi connectivity index (χ1v) is 6.34. The number of aliphatic carboxylic acids is 1. The lowest BCUT2D eigenvalue weighted by Gasteiger charge is -2.10. The van der Waals surface area contributed by atoms with Gasteiger partial charge >= 0.3 is 5.97 Å². The number of halogens is 1. The van der Waals surface area contributed by atoms with E-state index in [2.05, 4.69) is 0 Å². The Labute approximate surface area is 121 Å². The maximum atomic E-state index is 11.4. The monoisotopic (exact) mass is 305 g/mol. The van der Waals surface area contributed by atoms with Crippen LogP contribution in [0.3, 0.4) is 0 Å². The first-order valence-electron chi connectivity index (χ1n) is 5.35. The van der Waals surface area contributed by atoms with E-state index in [9.17, 15) is 9.59 Å². The van der Waals surface area contributed by atoms with Gasteiger partial charge in [-0.05, 0) is 5.56 Å². The fraction of sp³-hybridized carbons (Fsp3) is 0.333. The van der Waals surface area contributed by atoms with Crippen LogP contribution in [-0.2, 0) is 20.9 Å². The van der Waals surface area contributed by atoms with Crippen molar-refractivity contribution in [2.24, 2.45) is 5.73 Å². The molecular weight excluding hydrogens is 290 g/mol. The average molecular weight is 306 g/mol. The molecule has 3 N–H and O–H groups in total. The molecule has 1 aromatic rings. The number of carboxylic acid groups (broad SMARTS) is 1. The number of nitrogens with two attached hydrogens (primary N) is 1. The molecule has 0 amide bonds. The minimum Gasteiger partial charge on any atom is -0.481 e. The Morgan fingerprint density at radius 3 is 2.53 bits per heavy atom. The van der Waals surface area contributed by atoms with Crippen LogP contribution in [0.4, 0.5) is 0 Å². The minimum absolute atomic E-state index is 0. The maximum Gasteiger partial charge on any atom is 0.313 e. The smallest absolute Gasteiger partial charge is 0.313 e. The van der Waals surface area contributed by atoms with E-state index in [4.69, 9.17) is 15.6 Å². The van der Waals surface area contributed by atoms with Crippen LogP contribution in [0.2, 0.25) is 0 Å². The fourth-order valence-corrected chi connectivity index (χ4v) is 1.73. The van der Waals surface area contributed by atoms with Gasteiger partial charge < -0.3 is 15.6 Å². The molecule has 0 aliphatic heterocycles. The molecule has 0 radical (unpaired) electrons. The molecule has 7 heteroatoms. The molecular formula is C12H16ClNO4S. The summed E-state index contributed by atoms with van der Waals surface area (Å²) in [7, 11) is 0. The highest BCUT2D eigenvalue weighted by Gasteiger charge is 2.15. The highest BCUT2D eigenvalue weighted by atomic mass is 35.5. The van der Waals surface area contributed by atoms with Gasteiger partial charge in [0.2, 0.25) is 5.12 Å². The van der Waals surface area contributed by atoms with Crippen molar-refractivity contribution in [1.29, 1.82) is 0 Å². The lowest BCUT2D eigenvalue weighted by Crippen LogP contribution is -2.33. The van der Waals surface area contributed by atoms with Crippen LogP contribution < -0.4 is 5.73 Å². The van der Waals surface area contributed by atoms with Gasteiger partial charge in [-0.1, -0.05) is 42.1 Å². The van der Waals surface area contributed by atoms with Crippen LogP contribution in [0, 0.1) is 0 Å². The molecule has 1 aromatic carbocycles. The lowest BCUT2D eigenvalue weighted by atomic mass is 10.2. The number of benzene rings is 1. The fourth-order valence-electron chi connectivity index (χ4n) is 1.19. The molecule has 106 valence electrons. The van der Waals surface area contributed by atoms with Crippen LogP contribution in [0.1, 0.15) is 5.56 Å². The Morgan fingerprint density at radius 2 is 1.95 bits per heavy atom. The SMILES string of the molecule is Cl.N[C@@H](COCc1ccccc1)C(=O)SCC(=O)O. The second kappa shape index (κ2) is 9.80. The predicted molar refractivity (Wildman–Crippen MR) is 76.4 cm³/mol. The summed E-state index contributed by atoms with van der Waals surface area (Å²) in [6, 6.07) is 8.72. The van der Waals surface area contributed by atoms with Gasteiger partial charge in [-0.25, -0.2) is 0 Å². The molecule has 0 aliphatic carbocycles. The molecule has 1 rings (SSSR count). The molecule has 19 heavy (non-hydrogen) atoms. The molecule has 0 unspecified atom stereocenters. The summed E-state index contributed by atoms with van der Waals surface area (Å²) in [5, 5.41) is 8.05. The third kappa shape index (κ3) is 7.84. The third-order valence-corrected chi connectivity index (χ3v) is 3.03. The minimum atomic E-state index is -1.04. The molecule has 0 saturated heterocycles. The molecule has 1 atom stereocenters. The van der Waals surface area contributed by atoms with Crippen LogP contribution in [0.5, 0.6) is 0 Å². The number of thioether (sulfide) groups is 1. The van der Waals surface area contributed by atoms with E-state index in [1.807, 2.05) is 30.3 Å². The van der Waals surface area contributed by atoms with Gasteiger partial charge in [0.05, 0.1) is 25.0 Å². The van der Waals surface area contributed by atoms with Crippen molar-refractivity contribution in [3.63, 3.8) is 0 Å². The topological polar surface area (TPSA) is 89.6 Å². The van der Waals surface area contributed by atoms with E-state index in [1.54, 1.807) is 0 Å². The first kappa shape index (κ1) is 17.9. The Balaban J connectivity index is 0.00000324. The lowest BCUT2D eigenvalue weighted by molar-refractivity contribution is -0.134. The normalized spacial score (nSPS) is 11.4. The summed E-state index contributed by atoms with van der Waals surface area (Å²) in [5.74, 6) is -1.31. The first-order chi connectivity index (χ1) is 8.59. The van der Waals surface area contributed by atoms with E-state index >= 15 is 0 Å². The molecule has 0 bridgehead atoms. The average Bonchev–Trinajstić information content (AvgIpc) is 2.37. The van der Waals surface area contributed by atoms with Gasteiger partial charge in [-0.3, -0.25) is 9.59 Å². The standard InChI is InChI=1S/C12H15NO4S.ClH/c13-10(12(16)18-8-11(14)15)7-17-6-9-4-2-1-3-5-9;/h1-5,10H,6-8,13H2,(H,14,15);1H/t10-;/m0./s1. The number of carbonyl (C=O) groups excluding carboxylic acids is 1. The van der Waals surface area contributed by atoms with Gasteiger partial charge in [0.1, 0.15) is 0 Å². The zero-order valence-electron chi connectivity index (χ0n) is 10.2. The highest BCUT2D eigenvalue weighted by molar-refractivity contribution is 8.14. The van der Waals surface area contributed by atoms with E-state index in [0.29, 0.717) is 18.4 Å². The summed E-state index contributed by atoms with van der Waals surface area (Å²) in [6.07, 6.45) is 0. The summed E-state index contributed by atoms with van der Waals surface area (Å²) in [5.41, 5.74) is 6.57. The Kier molecular flexibility index (Phi) is 9.24. The van der Waals surface area contributed by atoms with Crippen LogP contribution in [0.25, 0.3) is 0 Å². The van der Waals surface area contributed by atoms with Crippen molar-refractivity contribution >= 4 is 35.3 Å². The third-order valence-electron chi connectivity index (χ3n) is 2.05. The number of hydrogen-bond donors (Lipinski definition) is 2. The zero-order chi connectivity index (χ0) is 13.4.